The summed E-state index contributed by atoms with van der Waals surface area (Å²) in [5, 5.41) is 3.10. The summed E-state index contributed by atoms with van der Waals surface area (Å²) in [6.07, 6.45) is 0.364. The van der Waals surface area contributed by atoms with Crippen molar-refractivity contribution in [3.05, 3.63) is 53.1 Å². The van der Waals surface area contributed by atoms with E-state index >= 15 is 0 Å². The molecule has 28 heavy (non-hydrogen) atoms. The largest absolute Gasteiger partial charge is 0.497 e. The van der Waals surface area contributed by atoms with Crippen molar-refractivity contribution in [1.29, 1.82) is 0 Å². The number of rotatable bonds is 9. The Balaban J connectivity index is 2.09. The Morgan fingerprint density at radius 1 is 1.00 bits per heavy atom. The standard InChI is InChI=1S/C23H31NO4/c1-7-28-21-11-8-15(2)12-20(21)17(4)24-23(25)13-16(3)19-10-9-18(26-5)14-22(19)27-6/h8-12,14,16-17H,7,13H2,1-6H3,(H,24,25). The van der Waals surface area contributed by atoms with Crippen LogP contribution in [0.1, 0.15) is 55.8 Å². The topological polar surface area (TPSA) is 56.8 Å². The molecule has 0 heterocycles. The van der Waals surface area contributed by atoms with Crippen LogP contribution in [0.4, 0.5) is 0 Å². The number of amides is 1. The highest BCUT2D eigenvalue weighted by Gasteiger charge is 2.19. The number of carbonyl (C=O) groups excluding carboxylic acids is 1. The lowest BCUT2D eigenvalue weighted by Crippen LogP contribution is -2.28. The van der Waals surface area contributed by atoms with Crippen molar-refractivity contribution in [3.63, 3.8) is 0 Å². The molecular weight excluding hydrogens is 354 g/mol. The summed E-state index contributed by atoms with van der Waals surface area (Å²) in [5.74, 6) is 2.27. The fraction of sp³-hybridized carbons (Fsp3) is 0.435. The highest BCUT2D eigenvalue weighted by atomic mass is 16.5. The lowest BCUT2D eigenvalue weighted by molar-refractivity contribution is -0.122. The van der Waals surface area contributed by atoms with Gasteiger partial charge in [0.05, 0.1) is 26.9 Å². The molecule has 2 aromatic rings. The summed E-state index contributed by atoms with van der Waals surface area (Å²) >= 11 is 0. The summed E-state index contributed by atoms with van der Waals surface area (Å²) in [6.45, 7) is 8.58. The number of hydrogen-bond donors (Lipinski definition) is 1. The molecule has 1 N–H and O–H groups in total. The van der Waals surface area contributed by atoms with Crippen LogP contribution >= 0.6 is 0 Å². The fourth-order valence-corrected chi connectivity index (χ4v) is 3.28. The third-order valence-electron chi connectivity index (χ3n) is 4.77. The van der Waals surface area contributed by atoms with E-state index in [9.17, 15) is 4.79 Å². The van der Waals surface area contributed by atoms with E-state index in [1.807, 2.05) is 58.0 Å². The van der Waals surface area contributed by atoms with Crippen LogP contribution in [-0.2, 0) is 4.79 Å². The molecule has 0 radical (unpaired) electrons. The van der Waals surface area contributed by atoms with Crippen LogP contribution in [-0.4, -0.2) is 26.7 Å². The van der Waals surface area contributed by atoms with Gasteiger partial charge >= 0.3 is 0 Å². The van der Waals surface area contributed by atoms with Gasteiger partial charge in [-0.15, -0.1) is 0 Å². The summed E-state index contributed by atoms with van der Waals surface area (Å²) in [6, 6.07) is 11.6. The van der Waals surface area contributed by atoms with E-state index in [1.54, 1.807) is 14.2 Å². The molecule has 152 valence electrons. The zero-order valence-corrected chi connectivity index (χ0v) is 17.7. The normalized spacial score (nSPS) is 12.8. The Hall–Kier alpha value is -2.69. The second-order valence-corrected chi connectivity index (χ2v) is 6.98. The van der Waals surface area contributed by atoms with Crippen molar-refractivity contribution < 1.29 is 19.0 Å². The smallest absolute Gasteiger partial charge is 0.221 e. The van der Waals surface area contributed by atoms with E-state index in [0.29, 0.717) is 13.0 Å². The summed E-state index contributed by atoms with van der Waals surface area (Å²) in [7, 11) is 3.24. The molecule has 0 aliphatic carbocycles. The maximum absolute atomic E-state index is 12.7. The van der Waals surface area contributed by atoms with E-state index in [-0.39, 0.29) is 17.9 Å². The van der Waals surface area contributed by atoms with E-state index in [0.717, 1.165) is 33.9 Å². The molecule has 0 spiro atoms. The first-order valence-corrected chi connectivity index (χ1v) is 9.64. The average molecular weight is 386 g/mol. The molecule has 0 aromatic heterocycles. The number of aryl methyl sites for hydroxylation is 1. The molecule has 2 atom stereocenters. The van der Waals surface area contributed by atoms with Crippen molar-refractivity contribution in [3.8, 4) is 17.2 Å². The van der Waals surface area contributed by atoms with Gasteiger partial charge in [-0.2, -0.15) is 0 Å². The molecular formula is C23H31NO4. The zero-order chi connectivity index (χ0) is 20.7. The highest BCUT2D eigenvalue weighted by molar-refractivity contribution is 5.77. The van der Waals surface area contributed by atoms with Crippen LogP contribution in [0, 0.1) is 6.92 Å². The molecule has 5 nitrogen and oxygen atoms in total. The van der Waals surface area contributed by atoms with Crippen molar-refractivity contribution >= 4 is 5.91 Å². The van der Waals surface area contributed by atoms with Crippen LogP contribution in [0.5, 0.6) is 17.2 Å². The number of ether oxygens (including phenoxy) is 3. The Morgan fingerprint density at radius 2 is 1.75 bits per heavy atom. The van der Waals surface area contributed by atoms with E-state index in [2.05, 4.69) is 11.4 Å². The van der Waals surface area contributed by atoms with Gasteiger partial charge in [0.2, 0.25) is 5.91 Å². The Bertz CT molecular complexity index is 803. The first-order valence-electron chi connectivity index (χ1n) is 9.64. The first-order chi connectivity index (χ1) is 13.4. The predicted molar refractivity (Wildman–Crippen MR) is 111 cm³/mol. The first kappa shape index (κ1) is 21.6. The van der Waals surface area contributed by atoms with Gasteiger partial charge in [-0.25, -0.2) is 0 Å². The molecule has 0 aliphatic heterocycles. The van der Waals surface area contributed by atoms with Gasteiger partial charge in [0.1, 0.15) is 17.2 Å². The van der Waals surface area contributed by atoms with E-state index in [1.165, 1.54) is 0 Å². The summed E-state index contributed by atoms with van der Waals surface area (Å²) in [5.41, 5.74) is 3.11. The lowest BCUT2D eigenvalue weighted by atomic mass is 9.95. The quantitative estimate of drug-likeness (QED) is 0.675. The van der Waals surface area contributed by atoms with Crippen molar-refractivity contribution in [2.75, 3.05) is 20.8 Å². The molecule has 2 rings (SSSR count). The Morgan fingerprint density at radius 3 is 2.39 bits per heavy atom. The Kier molecular flexibility index (Phi) is 7.73. The van der Waals surface area contributed by atoms with Crippen LogP contribution in [0.3, 0.4) is 0 Å². The third kappa shape index (κ3) is 5.41. The van der Waals surface area contributed by atoms with Gasteiger partial charge in [-0.05, 0) is 44.4 Å². The SMILES string of the molecule is CCOc1ccc(C)cc1C(C)NC(=O)CC(C)c1ccc(OC)cc1OC. The fourth-order valence-electron chi connectivity index (χ4n) is 3.28. The van der Waals surface area contributed by atoms with Gasteiger partial charge < -0.3 is 19.5 Å². The van der Waals surface area contributed by atoms with E-state index in [4.69, 9.17) is 14.2 Å². The van der Waals surface area contributed by atoms with Gasteiger partial charge in [0, 0.05) is 18.1 Å². The van der Waals surface area contributed by atoms with Crippen LogP contribution in [0.25, 0.3) is 0 Å². The molecule has 5 heteroatoms. The van der Waals surface area contributed by atoms with Gasteiger partial charge in [-0.1, -0.05) is 30.7 Å². The summed E-state index contributed by atoms with van der Waals surface area (Å²) < 4.78 is 16.4. The number of benzene rings is 2. The maximum Gasteiger partial charge on any atom is 0.221 e. The Labute approximate surface area is 168 Å². The molecule has 0 aliphatic rings. The van der Waals surface area contributed by atoms with Crippen molar-refractivity contribution in [1.82, 2.24) is 5.32 Å². The minimum absolute atomic E-state index is 0.0110. The number of hydrogen-bond acceptors (Lipinski definition) is 4. The van der Waals surface area contributed by atoms with Crippen LogP contribution in [0.2, 0.25) is 0 Å². The van der Waals surface area contributed by atoms with E-state index < -0.39 is 0 Å². The molecule has 0 saturated heterocycles. The van der Waals surface area contributed by atoms with Gasteiger partial charge in [-0.3, -0.25) is 4.79 Å². The second kappa shape index (κ2) is 10.0. The van der Waals surface area contributed by atoms with Crippen LogP contribution < -0.4 is 19.5 Å². The molecule has 0 bridgehead atoms. The van der Waals surface area contributed by atoms with Gasteiger partial charge in [0.15, 0.2) is 0 Å². The average Bonchev–Trinajstić information content (AvgIpc) is 2.68. The minimum Gasteiger partial charge on any atom is -0.497 e. The third-order valence-corrected chi connectivity index (χ3v) is 4.77. The maximum atomic E-state index is 12.7. The molecule has 0 saturated carbocycles. The molecule has 2 aromatic carbocycles. The highest BCUT2D eigenvalue weighted by Crippen LogP contribution is 2.32. The molecule has 2 unspecified atom stereocenters. The number of methoxy groups -OCH3 is 2. The second-order valence-electron chi connectivity index (χ2n) is 6.98. The van der Waals surface area contributed by atoms with Gasteiger partial charge in [0.25, 0.3) is 0 Å². The lowest BCUT2D eigenvalue weighted by Gasteiger charge is -2.21. The summed E-state index contributed by atoms with van der Waals surface area (Å²) in [4.78, 5) is 12.7. The molecule has 1 amide bonds. The predicted octanol–water partition coefficient (Wildman–Crippen LogP) is 4.78. The number of nitrogens with one attached hydrogen (secondary N) is 1. The van der Waals surface area contributed by atoms with Crippen molar-refractivity contribution in [2.45, 2.75) is 46.1 Å². The van der Waals surface area contributed by atoms with Crippen LogP contribution in [0.15, 0.2) is 36.4 Å². The van der Waals surface area contributed by atoms with Crippen molar-refractivity contribution in [2.24, 2.45) is 0 Å². The monoisotopic (exact) mass is 385 g/mol. The minimum atomic E-state index is -0.140. The number of carbonyl (C=O) groups is 1. The molecule has 0 fully saturated rings. The zero-order valence-electron chi connectivity index (χ0n) is 17.7.